The molecule has 0 aliphatic carbocycles. The van der Waals surface area contributed by atoms with Crippen LogP contribution in [0.3, 0.4) is 0 Å². The fourth-order valence-electron chi connectivity index (χ4n) is 3.84. The lowest BCUT2D eigenvalue weighted by Crippen LogP contribution is -2.29. The number of carbonyl (C=O) groups is 1. The van der Waals surface area contributed by atoms with Crippen molar-refractivity contribution in [3.63, 3.8) is 0 Å². The standard InChI is InChI=1S/C23H11BrCl2FNO3/c24-12-2-1-3-14(9-12)28-20(11-4-6-16(25)17(26)8-11)19-21(29)15-10-13(27)5-7-18(15)31-22(19)23(28)30/h1-10,20H. The Hall–Kier alpha value is -2.67. The van der Waals surface area contributed by atoms with Gasteiger partial charge in [-0.1, -0.05) is 51.3 Å². The molecule has 31 heavy (non-hydrogen) atoms. The zero-order valence-electron chi connectivity index (χ0n) is 15.5. The van der Waals surface area contributed by atoms with E-state index in [4.69, 9.17) is 27.6 Å². The highest BCUT2D eigenvalue weighted by Gasteiger charge is 2.43. The van der Waals surface area contributed by atoms with Gasteiger partial charge in [-0.05, 0) is 54.1 Å². The van der Waals surface area contributed by atoms with Gasteiger partial charge in [0.25, 0.3) is 5.91 Å². The van der Waals surface area contributed by atoms with E-state index in [1.807, 2.05) is 6.07 Å². The Balaban J connectivity index is 1.84. The summed E-state index contributed by atoms with van der Waals surface area (Å²) >= 11 is 15.7. The number of carbonyl (C=O) groups excluding carboxylic acids is 1. The molecule has 8 heteroatoms. The summed E-state index contributed by atoms with van der Waals surface area (Å²) in [4.78, 5) is 28.3. The van der Waals surface area contributed by atoms with Crippen LogP contribution < -0.4 is 10.3 Å². The minimum Gasteiger partial charge on any atom is -0.450 e. The summed E-state index contributed by atoms with van der Waals surface area (Å²) in [5, 5.41) is 0.690. The number of fused-ring (bicyclic) bond motifs is 2. The first-order chi connectivity index (χ1) is 14.8. The summed E-state index contributed by atoms with van der Waals surface area (Å²) in [6.45, 7) is 0. The van der Waals surface area contributed by atoms with Crippen LogP contribution in [0.5, 0.6) is 0 Å². The van der Waals surface area contributed by atoms with E-state index in [0.29, 0.717) is 16.3 Å². The third-order valence-electron chi connectivity index (χ3n) is 5.18. The van der Waals surface area contributed by atoms with E-state index in [1.54, 1.807) is 36.4 Å². The van der Waals surface area contributed by atoms with Crippen LogP contribution in [0.1, 0.15) is 27.7 Å². The molecule has 4 aromatic rings. The molecule has 1 aliphatic rings. The van der Waals surface area contributed by atoms with E-state index >= 15 is 0 Å². The van der Waals surface area contributed by atoms with Crippen molar-refractivity contribution in [3.05, 3.63) is 108 Å². The summed E-state index contributed by atoms with van der Waals surface area (Å²) in [5.74, 6) is -1.13. The van der Waals surface area contributed by atoms with Crippen molar-refractivity contribution in [1.29, 1.82) is 0 Å². The van der Waals surface area contributed by atoms with Gasteiger partial charge in [0, 0.05) is 10.2 Å². The molecule has 0 radical (unpaired) electrons. The number of amides is 1. The number of hydrogen-bond acceptors (Lipinski definition) is 3. The molecule has 0 spiro atoms. The average Bonchev–Trinajstić information content (AvgIpc) is 3.03. The van der Waals surface area contributed by atoms with Crippen molar-refractivity contribution in [3.8, 4) is 0 Å². The fraction of sp³-hybridized carbons (Fsp3) is 0.0435. The lowest BCUT2D eigenvalue weighted by Gasteiger charge is -2.25. The number of halogens is 4. The Morgan fingerprint density at radius 2 is 1.77 bits per heavy atom. The molecule has 2 heterocycles. The highest BCUT2D eigenvalue weighted by atomic mass is 79.9. The molecule has 0 saturated carbocycles. The van der Waals surface area contributed by atoms with E-state index in [-0.39, 0.29) is 27.3 Å². The van der Waals surface area contributed by atoms with Gasteiger partial charge in [0.1, 0.15) is 11.4 Å². The maximum absolute atomic E-state index is 13.9. The molecule has 154 valence electrons. The molecule has 1 aliphatic heterocycles. The monoisotopic (exact) mass is 517 g/mol. The fourth-order valence-corrected chi connectivity index (χ4v) is 4.53. The molecule has 4 nitrogen and oxygen atoms in total. The molecule has 0 bridgehead atoms. The van der Waals surface area contributed by atoms with Gasteiger partial charge in [-0.2, -0.15) is 0 Å². The van der Waals surface area contributed by atoms with Crippen LogP contribution in [0.4, 0.5) is 10.1 Å². The van der Waals surface area contributed by atoms with Crippen LogP contribution in [0.2, 0.25) is 10.0 Å². The molecular weight excluding hydrogens is 508 g/mol. The van der Waals surface area contributed by atoms with Crippen LogP contribution in [-0.4, -0.2) is 5.91 Å². The van der Waals surface area contributed by atoms with Crippen LogP contribution in [0.25, 0.3) is 11.0 Å². The maximum Gasteiger partial charge on any atom is 0.295 e. The van der Waals surface area contributed by atoms with Gasteiger partial charge in [-0.3, -0.25) is 14.5 Å². The molecule has 1 aromatic heterocycles. The number of hydrogen-bond donors (Lipinski definition) is 0. The first kappa shape index (κ1) is 20.2. The highest BCUT2D eigenvalue weighted by molar-refractivity contribution is 9.10. The molecule has 0 saturated heterocycles. The van der Waals surface area contributed by atoms with Crippen molar-refractivity contribution < 1.29 is 13.6 Å². The molecular formula is C23H11BrCl2FNO3. The predicted molar refractivity (Wildman–Crippen MR) is 122 cm³/mol. The van der Waals surface area contributed by atoms with Gasteiger partial charge < -0.3 is 4.42 Å². The zero-order valence-corrected chi connectivity index (χ0v) is 18.6. The van der Waals surface area contributed by atoms with Crippen molar-refractivity contribution >= 4 is 61.7 Å². The normalized spacial score (nSPS) is 15.5. The summed E-state index contributed by atoms with van der Waals surface area (Å²) in [6.07, 6.45) is 0. The van der Waals surface area contributed by atoms with E-state index in [1.165, 1.54) is 17.0 Å². The van der Waals surface area contributed by atoms with E-state index in [9.17, 15) is 14.0 Å². The van der Waals surface area contributed by atoms with Crippen LogP contribution in [-0.2, 0) is 0 Å². The third kappa shape index (κ3) is 3.26. The molecule has 1 unspecified atom stereocenters. The predicted octanol–water partition coefficient (Wildman–Crippen LogP) is 6.75. The van der Waals surface area contributed by atoms with Crippen molar-refractivity contribution in [2.24, 2.45) is 0 Å². The van der Waals surface area contributed by atoms with Gasteiger partial charge in [0.15, 0.2) is 5.43 Å². The maximum atomic E-state index is 13.9. The molecule has 0 N–H and O–H groups in total. The topological polar surface area (TPSA) is 50.5 Å². The SMILES string of the molecule is O=C1c2oc3ccc(F)cc3c(=O)c2C(c2ccc(Cl)c(Cl)c2)N1c1cccc(Br)c1. The van der Waals surface area contributed by atoms with Gasteiger partial charge >= 0.3 is 0 Å². The van der Waals surface area contributed by atoms with Gasteiger partial charge in [-0.25, -0.2) is 4.39 Å². The summed E-state index contributed by atoms with van der Waals surface area (Å²) in [5.41, 5.74) is 0.919. The zero-order chi connectivity index (χ0) is 21.9. The second kappa shape index (κ2) is 7.48. The van der Waals surface area contributed by atoms with Crippen molar-refractivity contribution in [1.82, 2.24) is 0 Å². The summed E-state index contributed by atoms with van der Waals surface area (Å²) in [6, 6.07) is 14.8. The smallest absolute Gasteiger partial charge is 0.295 e. The molecule has 3 aromatic carbocycles. The van der Waals surface area contributed by atoms with E-state index < -0.39 is 23.2 Å². The van der Waals surface area contributed by atoms with Crippen LogP contribution >= 0.6 is 39.1 Å². The van der Waals surface area contributed by atoms with E-state index in [2.05, 4.69) is 15.9 Å². The summed E-state index contributed by atoms with van der Waals surface area (Å²) < 4.78 is 20.4. The van der Waals surface area contributed by atoms with Gasteiger partial charge in [0.05, 0.1) is 27.0 Å². The third-order valence-corrected chi connectivity index (χ3v) is 6.41. The first-order valence-corrected chi connectivity index (χ1v) is 10.7. The van der Waals surface area contributed by atoms with Crippen LogP contribution in [0.15, 0.2) is 74.3 Å². The quantitative estimate of drug-likeness (QED) is 0.295. The van der Waals surface area contributed by atoms with Crippen LogP contribution in [0, 0.1) is 5.82 Å². The van der Waals surface area contributed by atoms with Gasteiger partial charge in [0.2, 0.25) is 5.76 Å². The Morgan fingerprint density at radius 3 is 2.52 bits per heavy atom. The molecule has 1 atom stereocenters. The second-order valence-corrected chi connectivity index (χ2v) is 8.78. The Kier molecular flexibility index (Phi) is 4.88. The largest absolute Gasteiger partial charge is 0.450 e. The van der Waals surface area contributed by atoms with Crippen molar-refractivity contribution in [2.45, 2.75) is 6.04 Å². The van der Waals surface area contributed by atoms with Crippen molar-refractivity contribution in [2.75, 3.05) is 4.90 Å². The minimum absolute atomic E-state index is 0.0627. The second-order valence-electron chi connectivity index (χ2n) is 7.05. The lowest BCUT2D eigenvalue weighted by molar-refractivity contribution is 0.0971. The number of nitrogens with zero attached hydrogens (tertiary/aromatic N) is 1. The summed E-state index contributed by atoms with van der Waals surface area (Å²) in [7, 11) is 0. The number of benzene rings is 3. The average molecular weight is 519 g/mol. The minimum atomic E-state index is -0.824. The molecule has 0 fully saturated rings. The first-order valence-electron chi connectivity index (χ1n) is 9.15. The number of anilines is 1. The Bertz CT molecular complexity index is 1450. The molecule has 1 amide bonds. The number of rotatable bonds is 2. The highest BCUT2D eigenvalue weighted by Crippen LogP contribution is 2.42. The lowest BCUT2D eigenvalue weighted by atomic mass is 9.98. The Labute approximate surface area is 193 Å². The van der Waals surface area contributed by atoms with Gasteiger partial charge in [-0.15, -0.1) is 0 Å². The van der Waals surface area contributed by atoms with E-state index in [0.717, 1.165) is 10.5 Å². The molecule has 5 rings (SSSR count). The Morgan fingerprint density at radius 1 is 0.968 bits per heavy atom.